The Morgan fingerprint density at radius 1 is 1.11 bits per heavy atom. The molecule has 0 radical (unpaired) electrons. The number of carbonyl (C=O) groups is 4. The lowest BCUT2D eigenvalue weighted by molar-refractivity contribution is -0.179. The predicted octanol–water partition coefficient (Wildman–Crippen LogP) is 4.66. The van der Waals surface area contributed by atoms with Crippen molar-refractivity contribution in [3.05, 3.63) is 28.5 Å². The summed E-state index contributed by atoms with van der Waals surface area (Å²) in [5.74, 6) is -5.38. The summed E-state index contributed by atoms with van der Waals surface area (Å²) in [4.78, 5) is 55.0. The fraction of sp³-hybridized carbons (Fsp3) is 0.667. The minimum atomic E-state index is -5.19. The number of nitrogens with one attached hydrogen (secondary N) is 3. The number of rotatable bonds is 7. The van der Waals surface area contributed by atoms with Crippen molar-refractivity contribution in [1.29, 1.82) is 5.26 Å². The van der Waals surface area contributed by atoms with Gasteiger partial charge < -0.3 is 20.9 Å². The van der Waals surface area contributed by atoms with Crippen LogP contribution in [0.25, 0.3) is 0 Å². The summed E-state index contributed by atoms with van der Waals surface area (Å²) in [6.45, 7) is 4.03. The number of fused-ring (bicyclic) bond motifs is 2. The van der Waals surface area contributed by atoms with Crippen LogP contribution in [0.15, 0.2) is 12.1 Å². The van der Waals surface area contributed by atoms with Gasteiger partial charge in [0.2, 0.25) is 17.7 Å². The van der Waals surface area contributed by atoms with Crippen molar-refractivity contribution >= 4 is 40.9 Å². The molecule has 3 N–H and O–H groups in total. The van der Waals surface area contributed by atoms with E-state index in [9.17, 15) is 42.0 Å². The van der Waals surface area contributed by atoms with Crippen molar-refractivity contribution in [3.8, 4) is 6.07 Å². The van der Waals surface area contributed by atoms with Crippen molar-refractivity contribution < 1.29 is 36.7 Å². The molecule has 2 aliphatic heterocycles. The average Bonchev–Trinajstić information content (AvgIpc) is 3.26. The summed E-state index contributed by atoms with van der Waals surface area (Å²) in [6, 6.07) is 0.724. The number of alkyl halides is 3. The molecular formula is C33H36ClF4N5O4. The maximum atomic E-state index is 14.5. The number of likely N-dealkylation sites (tertiary alicyclic amines) is 1. The molecule has 14 heteroatoms. The second-order valence-corrected chi connectivity index (χ2v) is 15.8. The number of nitriles is 1. The molecule has 2 heterocycles. The van der Waals surface area contributed by atoms with Gasteiger partial charge in [-0.25, -0.2) is 4.39 Å². The van der Waals surface area contributed by atoms with Gasteiger partial charge in [0.1, 0.15) is 23.9 Å². The van der Waals surface area contributed by atoms with Crippen LogP contribution in [0, 0.1) is 57.6 Å². The Morgan fingerprint density at radius 3 is 2.30 bits per heavy atom. The summed E-state index contributed by atoms with van der Waals surface area (Å²) in [5, 5.41) is 17.3. The summed E-state index contributed by atoms with van der Waals surface area (Å²) >= 11 is 6.02. The molecule has 1 saturated heterocycles. The van der Waals surface area contributed by atoms with Gasteiger partial charge in [0.05, 0.1) is 17.7 Å². The Kier molecular flexibility index (Phi) is 7.39. The Hall–Kier alpha value is -3.40. The lowest BCUT2D eigenvalue weighted by atomic mass is 9.47. The van der Waals surface area contributed by atoms with Crippen molar-refractivity contribution in [2.75, 3.05) is 11.9 Å². The molecule has 4 bridgehead atoms. The molecule has 1 aromatic carbocycles. The van der Waals surface area contributed by atoms with Crippen LogP contribution in [0.1, 0.15) is 70.3 Å². The highest BCUT2D eigenvalue weighted by atomic mass is 35.5. The summed E-state index contributed by atoms with van der Waals surface area (Å²) in [6.07, 6.45) is -0.843. The zero-order valence-corrected chi connectivity index (χ0v) is 26.7. The molecule has 47 heavy (non-hydrogen) atoms. The topological polar surface area (TPSA) is 131 Å². The third-order valence-electron chi connectivity index (χ3n) is 12.2. The van der Waals surface area contributed by atoms with Gasteiger partial charge in [0.25, 0.3) is 0 Å². The van der Waals surface area contributed by atoms with Crippen LogP contribution in [0.4, 0.5) is 23.2 Å². The quantitative estimate of drug-likeness (QED) is 0.362. The van der Waals surface area contributed by atoms with E-state index in [1.54, 1.807) is 0 Å². The molecule has 252 valence electrons. The molecule has 1 aromatic rings. The lowest BCUT2D eigenvalue weighted by Gasteiger charge is -2.59. The molecule has 8 rings (SSSR count). The van der Waals surface area contributed by atoms with E-state index < -0.39 is 65.1 Å². The lowest BCUT2D eigenvalue weighted by Crippen LogP contribution is -2.65. The van der Waals surface area contributed by atoms with Crippen molar-refractivity contribution in [3.63, 3.8) is 0 Å². The summed E-state index contributed by atoms with van der Waals surface area (Å²) < 4.78 is 55.3. The smallest absolute Gasteiger partial charge is 0.339 e. The molecule has 6 atom stereocenters. The fourth-order valence-corrected chi connectivity index (χ4v) is 10.6. The number of hydrogen-bond donors (Lipinski definition) is 3. The van der Waals surface area contributed by atoms with Crippen molar-refractivity contribution in [2.24, 2.45) is 40.4 Å². The first-order valence-corrected chi connectivity index (χ1v) is 16.6. The second kappa shape index (κ2) is 10.8. The molecule has 6 fully saturated rings. The highest BCUT2D eigenvalue weighted by Gasteiger charge is 2.70. The van der Waals surface area contributed by atoms with E-state index in [-0.39, 0.29) is 64.2 Å². The number of anilines is 1. The SMILES string of the molecule is CC1(C)[C@@H]2[C@@H](C(=O)N[C@H](C#N)CC3C(=O)Nc4c(F)cc(Cl)cc43)N(C(=O)C(NC(=O)C(F)(F)F)C34CC5CC(CC(C5)C3)C4)C[C@@H]21. The molecule has 4 amide bonds. The van der Waals surface area contributed by atoms with E-state index >= 15 is 0 Å². The highest BCUT2D eigenvalue weighted by Crippen LogP contribution is 2.66. The zero-order valence-electron chi connectivity index (χ0n) is 25.9. The first kappa shape index (κ1) is 32.2. The van der Waals surface area contributed by atoms with Gasteiger partial charge in [-0.1, -0.05) is 25.4 Å². The van der Waals surface area contributed by atoms with Gasteiger partial charge in [-0.3, -0.25) is 19.2 Å². The van der Waals surface area contributed by atoms with Crippen LogP contribution < -0.4 is 16.0 Å². The van der Waals surface area contributed by atoms with Gasteiger partial charge in [-0.15, -0.1) is 0 Å². The maximum absolute atomic E-state index is 14.5. The van der Waals surface area contributed by atoms with E-state index in [1.807, 2.05) is 19.9 Å². The molecule has 5 saturated carbocycles. The first-order valence-electron chi connectivity index (χ1n) is 16.2. The number of nitrogens with zero attached hydrogens (tertiary/aromatic N) is 2. The van der Waals surface area contributed by atoms with Gasteiger partial charge >= 0.3 is 12.1 Å². The van der Waals surface area contributed by atoms with Gasteiger partial charge in [-0.2, -0.15) is 18.4 Å². The zero-order chi connectivity index (χ0) is 33.8. The Labute approximate surface area is 274 Å². The number of benzene rings is 1. The first-order chi connectivity index (χ1) is 22.0. The number of hydrogen-bond acceptors (Lipinski definition) is 5. The van der Waals surface area contributed by atoms with E-state index in [0.29, 0.717) is 19.3 Å². The van der Waals surface area contributed by atoms with Gasteiger partial charge in [0, 0.05) is 17.0 Å². The van der Waals surface area contributed by atoms with Crippen molar-refractivity contribution in [2.45, 2.75) is 89.0 Å². The van der Waals surface area contributed by atoms with Gasteiger partial charge in [0.15, 0.2) is 0 Å². The molecule has 7 aliphatic rings. The minimum Gasteiger partial charge on any atom is -0.339 e. The molecule has 0 aromatic heterocycles. The van der Waals surface area contributed by atoms with Crippen LogP contribution in [0.2, 0.25) is 5.02 Å². The van der Waals surface area contributed by atoms with E-state index in [0.717, 1.165) is 25.3 Å². The van der Waals surface area contributed by atoms with E-state index in [1.165, 1.54) is 11.0 Å². The Morgan fingerprint density at radius 2 is 1.72 bits per heavy atom. The van der Waals surface area contributed by atoms with E-state index in [4.69, 9.17) is 11.6 Å². The third-order valence-corrected chi connectivity index (χ3v) is 12.4. The second-order valence-electron chi connectivity index (χ2n) is 15.4. The number of halogens is 5. The molecule has 2 unspecified atom stereocenters. The minimum absolute atomic E-state index is 0.0424. The van der Waals surface area contributed by atoms with Gasteiger partial charge in [-0.05, 0) is 97.6 Å². The predicted molar refractivity (Wildman–Crippen MR) is 160 cm³/mol. The average molecular weight is 678 g/mol. The van der Waals surface area contributed by atoms with E-state index in [2.05, 4.69) is 16.0 Å². The number of amides is 4. The largest absolute Gasteiger partial charge is 0.471 e. The molecule has 0 spiro atoms. The van der Waals surface area contributed by atoms with Crippen LogP contribution in [0.5, 0.6) is 0 Å². The number of carbonyl (C=O) groups excluding carboxylic acids is 4. The number of piperidine rings is 1. The Bertz CT molecular complexity index is 1570. The van der Waals surface area contributed by atoms with Crippen molar-refractivity contribution in [1.82, 2.24) is 15.5 Å². The normalized spacial score (nSPS) is 35.3. The highest BCUT2D eigenvalue weighted by molar-refractivity contribution is 6.31. The van der Waals surface area contributed by atoms with Crippen LogP contribution in [0.3, 0.4) is 0 Å². The van der Waals surface area contributed by atoms with Crippen LogP contribution >= 0.6 is 11.6 Å². The monoisotopic (exact) mass is 677 g/mol. The third kappa shape index (κ3) is 5.25. The summed E-state index contributed by atoms with van der Waals surface area (Å²) in [7, 11) is 0. The van der Waals surface area contributed by atoms with Crippen LogP contribution in [-0.2, 0) is 19.2 Å². The summed E-state index contributed by atoms with van der Waals surface area (Å²) in [5.41, 5.74) is -0.954. The fourth-order valence-electron chi connectivity index (χ4n) is 10.4. The molecular weight excluding hydrogens is 642 g/mol. The Balaban J connectivity index is 1.15. The molecule has 5 aliphatic carbocycles. The standard InChI is InChI=1S/C33H36ClF4N5O4/c1-31(2)21-13-43(29(46)26(42-30(47)33(36,37)38)32-9-14-3-15(10-32)5-16(4-14)11-32)25(23(21)31)28(45)40-18(12-39)8-20-19-6-17(34)7-22(35)24(19)41-27(20)44/h6-7,14-16,18,20-21,23,25-26H,3-5,8-11,13H2,1-2H3,(H,40,45)(H,41,44)(H,42,47)/t14?,15?,16?,18-,20?,21-,23-,25-,26?,32?/m0/s1. The van der Waals surface area contributed by atoms with Crippen LogP contribution in [-0.4, -0.2) is 59.4 Å². The molecule has 9 nitrogen and oxygen atoms in total. The maximum Gasteiger partial charge on any atom is 0.471 e.